The Morgan fingerprint density at radius 3 is 2.91 bits per heavy atom. The number of ketones is 1. The van der Waals surface area contributed by atoms with Gasteiger partial charge in [0.15, 0.2) is 0 Å². The van der Waals surface area contributed by atoms with Crippen LogP contribution >= 0.6 is 0 Å². The quantitative estimate of drug-likeness (QED) is 0.847. The lowest BCUT2D eigenvalue weighted by Crippen LogP contribution is -2.40. The van der Waals surface area contributed by atoms with Crippen LogP contribution in [0.5, 0.6) is 0 Å². The lowest BCUT2D eigenvalue weighted by Gasteiger charge is -2.37. The minimum absolute atomic E-state index is 0.146. The monoisotopic (exact) mass is 298 g/mol. The van der Waals surface area contributed by atoms with E-state index in [1.165, 1.54) is 7.11 Å². The highest BCUT2D eigenvalue weighted by molar-refractivity contribution is 5.95. The van der Waals surface area contributed by atoms with E-state index in [-0.39, 0.29) is 17.6 Å². The predicted molar refractivity (Wildman–Crippen MR) is 80.6 cm³/mol. The second kappa shape index (κ2) is 5.75. The molecule has 2 heterocycles. The molecule has 0 saturated carbocycles. The van der Waals surface area contributed by atoms with Crippen molar-refractivity contribution < 1.29 is 14.3 Å². The van der Waals surface area contributed by atoms with Gasteiger partial charge in [0.2, 0.25) is 0 Å². The van der Waals surface area contributed by atoms with Gasteiger partial charge < -0.3 is 10.1 Å². The number of nitrogens with zero attached hydrogens (tertiary/aromatic N) is 1. The number of esters is 1. The molecule has 1 aliphatic carbocycles. The first kappa shape index (κ1) is 14.5. The number of allylic oxidation sites excluding steroid dienone is 3. The SMILES string of the molecule is COC(=O)C1=C(C)NC2=CCCC(=O)C2C1c1cccnc1. The summed E-state index contributed by atoms with van der Waals surface area (Å²) in [5, 5.41) is 3.21. The Morgan fingerprint density at radius 2 is 2.23 bits per heavy atom. The first-order chi connectivity index (χ1) is 10.6. The summed E-state index contributed by atoms with van der Waals surface area (Å²) in [6.45, 7) is 1.84. The Labute approximate surface area is 129 Å². The average Bonchev–Trinajstić information content (AvgIpc) is 2.54. The van der Waals surface area contributed by atoms with Gasteiger partial charge in [0.25, 0.3) is 0 Å². The molecule has 1 aliphatic heterocycles. The van der Waals surface area contributed by atoms with Gasteiger partial charge in [-0.3, -0.25) is 9.78 Å². The number of carbonyl (C=O) groups is 2. The first-order valence-corrected chi connectivity index (χ1v) is 7.32. The zero-order valence-corrected chi connectivity index (χ0v) is 12.6. The van der Waals surface area contributed by atoms with Gasteiger partial charge >= 0.3 is 5.97 Å². The molecule has 0 radical (unpaired) electrons. The fourth-order valence-corrected chi connectivity index (χ4v) is 3.31. The third kappa shape index (κ3) is 2.32. The highest BCUT2D eigenvalue weighted by Crippen LogP contribution is 2.43. The van der Waals surface area contributed by atoms with E-state index in [1.807, 2.05) is 25.1 Å². The normalized spacial score (nSPS) is 24.3. The van der Waals surface area contributed by atoms with E-state index in [0.29, 0.717) is 12.0 Å². The maximum atomic E-state index is 12.5. The van der Waals surface area contributed by atoms with Gasteiger partial charge in [-0.1, -0.05) is 12.1 Å². The minimum Gasteiger partial charge on any atom is -0.466 e. The number of rotatable bonds is 2. The van der Waals surface area contributed by atoms with Crippen LogP contribution in [-0.2, 0) is 14.3 Å². The van der Waals surface area contributed by atoms with Crippen LogP contribution in [0.2, 0.25) is 0 Å². The maximum Gasteiger partial charge on any atom is 0.336 e. The fourth-order valence-electron chi connectivity index (χ4n) is 3.31. The Hall–Kier alpha value is -2.43. The van der Waals surface area contributed by atoms with Crippen molar-refractivity contribution in [2.75, 3.05) is 7.11 Å². The number of ether oxygens (including phenoxy) is 1. The fraction of sp³-hybridized carbons (Fsp3) is 0.353. The first-order valence-electron chi connectivity index (χ1n) is 7.32. The molecule has 0 aromatic carbocycles. The lowest BCUT2D eigenvalue weighted by molar-refractivity contribution is -0.136. The summed E-state index contributed by atoms with van der Waals surface area (Å²) in [7, 11) is 1.36. The van der Waals surface area contributed by atoms with E-state index < -0.39 is 5.97 Å². The van der Waals surface area contributed by atoms with Crippen LogP contribution in [0.15, 0.2) is 47.6 Å². The van der Waals surface area contributed by atoms with Crippen LogP contribution in [0.25, 0.3) is 0 Å². The molecule has 2 aliphatic rings. The summed E-state index contributed by atoms with van der Waals surface area (Å²) in [5.41, 5.74) is 2.98. The summed E-state index contributed by atoms with van der Waals surface area (Å²) in [4.78, 5) is 28.9. The Kier molecular flexibility index (Phi) is 3.79. The van der Waals surface area contributed by atoms with Crippen molar-refractivity contribution >= 4 is 11.8 Å². The van der Waals surface area contributed by atoms with Crippen molar-refractivity contribution in [1.29, 1.82) is 0 Å². The molecular formula is C17H18N2O3. The Balaban J connectivity index is 2.18. The zero-order chi connectivity index (χ0) is 15.7. The van der Waals surface area contributed by atoms with E-state index >= 15 is 0 Å². The molecule has 1 aromatic rings. The maximum absolute atomic E-state index is 12.5. The molecule has 1 N–H and O–H groups in total. The third-order valence-electron chi connectivity index (χ3n) is 4.27. The van der Waals surface area contributed by atoms with Crippen molar-refractivity contribution in [3.05, 3.63) is 53.1 Å². The number of hydrogen-bond donors (Lipinski definition) is 1. The van der Waals surface area contributed by atoms with E-state index in [1.54, 1.807) is 12.4 Å². The van der Waals surface area contributed by atoms with Gasteiger partial charge in [0.05, 0.1) is 18.6 Å². The summed E-state index contributed by atoms with van der Waals surface area (Å²) >= 11 is 0. The molecule has 0 amide bonds. The molecule has 2 atom stereocenters. The van der Waals surface area contributed by atoms with Gasteiger partial charge in [0.1, 0.15) is 5.78 Å². The molecule has 0 fully saturated rings. The summed E-state index contributed by atoms with van der Waals surface area (Å²) in [6.07, 6.45) is 6.68. The van der Waals surface area contributed by atoms with E-state index in [9.17, 15) is 9.59 Å². The molecule has 114 valence electrons. The number of aromatic nitrogens is 1. The Bertz CT molecular complexity index is 676. The number of methoxy groups -OCH3 is 1. The highest BCUT2D eigenvalue weighted by Gasteiger charge is 2.43. The van der Waals surface area contributed by atoms with Crippen LogP contribution < -0.4 is 5.32 Å². The topological polar surface area (TPSA) is 68.3 Å². The molecule has 0 bridgehead atoms. The third-order valence-corrected chi connectivity index (χ3v) is 4.27. The van der Waals surface area contributed by atoms with Crippen LogP contribution in [0.4, 0.5) is 0 Å². The zero-order valence-electron chi connectivity index (χ0n) is 12.6. The molecule has 22 heavy (non-hydrogen) atoms. The second-order valence-electron chi connectivity index (χ2n) is 5.56. The smallest absolute Gasteiger partial charge is 0.336 e. The summed E-state index contributed by atoms with van der Waals surface area (Å²) in [5.74, 6) is -0.971. The van der Waals surface area contributed by atoms with Crippen molar-refractivity contribution in [2.24, 2.45) is 5.92 Å². The molecule has 3 rings (SSSR count). The second-order valence-corrected chi connectivity index (χ2v) is 5.56. The summed E-state index contributed by atoms with van der Waals surface area (Å²) < 4.78 is 4.94. The van der Waals surface area contributed by atoms with Gasteiger partial charge in [0, 0.05) is 36.1 Å². The van der Waals surface area contributed by atoms with E-state index in [0.717, 1.165) is 23.4 Å². The molecule has 2 unspecified atom stereocenters. The highest BCUT2D eigenvalue weighted by atomic mass is 16.5. The van der Waals surface area contributed by atoms with Crippen LogP contribution in [0.3, 0.4) is 0 Å². The lowest BCUT2D eigenvalue weighted by atomic mass is 9.71. The molecular weight excluding hydrogens is 280 g/mol. The number of Topliss-reactive ketones (excluding diaryl/α,β-unsaturated/α-hetero) is 1. The predicted octanol–water partition coefficient (Wildman–Crippen LogP) is 2.08. The largest absolute Gasteiger partial charge is 0.466 e. The standard InChI is InChI=1S/C17H18N2O3/c1-10-14(17(21)22-2)15(11-5-4-8-18-9-11)16-12(19-10)6-3-7-13(16)20/h4-6,8-9,15-16,19H,3,7H2,1-2H3. The average molecular weight is 298 g/mol. The van der Waals surface area contributed by atoms with Gasteiger partial charge in [-0.25, -0.2) is 4.79 Å². The van der Waals surface area contributed by atoms with Crippen molar-refractivity contribution in [3.63, 3.8) is 0 Å². The number of carbonyl (C=O) groups excluding carboxylic acids is 2. The van der Waals surface area contributed by atoms with E-state index in [4.69, 9.17) is 4.74 Å². The Morgan fingerprint density at radius 1 is 1.41 bits per heavy atom. The number of fused-ring (bicyclic) bond motifs is 1. The molecule has 0 saturated heterocycles. The van der Waals surface area contributed by atoms with Gasteiger partial charge in [-0.2, -0.15) is 0 Å². The van der Waals surface area contributed by atoms with Crippen molar-refractivity contribution in [2.45, 2.75) is 25.7 Å². The van der Waals surface area contributed by atoms with Crippen LogP contribution in [-0.4, -0.2) is 23.8 Å². The molecule has 0 spiro atoms. The number of nitrogens with one attached hydrogen (secondary N) is 1. The van der Waals surface area contributed by atoms with Crippen molar-refractivity contribution in [1.82, 2.24) is 10.3 Å². The van der Waals surface area contributed by atoms with Crippen LogP contribution in [0.1, 0.15) is 31.2 Å². The van der Waals surface area contributed by atoms with Crippen LogP contribution in [0, 0.1) is 5.92 Å². The number of hydrogen-bond acceptors (Lipinski definition) is 5. The van der Waals surface area contributed by atoms with Crippen molar-refractivity contribution in [3.8, 4) is 0 Å². The molecule has 1 aromatic heterocycles. The summed E-state index contributed by atoms with van der Waals surface area (Å²) in [6, 6.07) is 3.72. The van der Waals surface area contributed by atoms with Gasteiger partial charge in [-0.05, 0) is 25.0 Å². The van der Waals surface area contributed by atoms with Gasteiger partial charge in [-0.15, -0.1) is 0 Å². The minimum atomic E-state index is -0.406. The van der Waals surface area contributed by atoms with E-state index in [2.05, 4.69) is 10.3 Å². The molecule has 5 nitrogen and oxygen atoms in total. The number of pyridine rings is 1. The molecule has 5 heteroatoms.